The fraction of sp³-hybridized carbons (Fsp3) is 0.444. The third kappa shape index (κ3) is 4.57. The van der Waals surface area contributed by atoms with E-state index < -0.39 is 5.69 Å². The number of nitrogens with zero attached hydrogens (tertiary/aromatic N) is 1. The van der Waals surface area contributed by atoms with Crippen LogP contribution in [0.2, 0.25) is 10.0 Å². The van der Waals surface area contributed by atoms with E-state index in [1.165, 1.54) is 11.0 Å². The van der Waals surface area contributed by atoms with E-state index in [0.717, 1.165) is 29.5 Å². The van der Waals surface area contributed by atoms with Crippen LogP contribution in [0.3, 0.4) is 0 Å². The van der Waals surface area contributed by atoms with Crippen LogP contribution in [-0.4, -0.2) is 20.7 Å². The van der Waals surface area contributed by atoms with Crippen LogP contribution in [0.4, 0.5) is 5.69 Å². The van der Waals surface area contributed by atoms with E-state index in [0.29, 0.717) is 49.9 Å². The van der Waals surface area contributed by atoms with Gasteiger partial charge >= 0.3 is 5.69 Å². The van der Waals surface area contributed by atoms with Gasteiger partial charge in [-0.1, -0.05) is 50.0 Å². The van der Waals surface area contributed by atoms with Crippen LogP contribution in [0.5, 0.6) is 0 Å². The van der Waals surface area contributed by atoms with Gasteiger partial charge in [-0.15, -0.1) is 0 Å². The van der Waals surface area contributed by atoms with Gasteiger partial charge in [0.1, 0.15) is 0 Å². The molecule has 190 valence electrons. The summed E-state index contributed by atoms with van der Waals surface area (Å²) in [6.45, 7) is 7.28. The van der Waals surface area contributed by atoms with Crippen molar-refractivity contribution in [2.45, 2.75) is 52.6 Å². The Morgan fingerprint density at radius 3 is 2.64 bits per heavy atom. The van der Waals surface area contributed by atoms with Gasteiger partial charge in [0.05, 0.1) is 10.9 Å². The van der Waals surface area contributed by atoms with Crippen LogP contribution in [0.1, 0.15) is 39.2 Å². The van der Waals surface area contributed by atoms with Gasteiger partial charge < -0.3 is 15.6 Å². The average molecular weight is 546 g/mol. The monoisotopic (exact) mass is 544 g/mol. The number of fused-ring (bicyclic) bond motifs is 3. The van der Waals surface area contributed by atoms with Crippen molar-refractivity contribution in [2.24, 2.45) is 23.2 Å². The number of anilines is 1. The molecule has 3 aromatic rings. The molecule has 3 aliphatic carbocycles. The summed E-state index contributed by atoms with van der Waals surface area (Å²) >= 11 is 17.8. The van der Waals surface area contributed by atoms with Gasteiger partial charge in [0, 0.05) is 28.3 Å². The average Bonchev–Trinajstić information content (AvgIpc) is 2.80. The fourth-order valence-electron chi connectivity index (χ4n) is 6.17. The smallest absolute Gasteiger partial charge is 0.328 e. The number of hydrogen-bond acceptors (Lipinski definition) is 3. The van der Waals surface area contributed by atoms with Crippen molar-refractivity contribution in [3.8, 4) is 0 Å². The zero-order valence-electron chi connectivity index (χ0n) is 20.5. The quantitative estimate of drug-likeness (QED) is 0.364. The van der Waals surface area contributed by atoms with Crippen molar-refractivity contribution in [2.75, 3.05) is 5.32 Å². The first-order valence-electron chi connectivity index (χ1n) is 12.3. The highest BCUT2D eigenvalue weighted by molar-refractivity contribution is 7.80. The van der Waals surface area contributed by atoms with Gasteiger partial charge in [-0.05, 0) is 90.5 Å². The van der Waals surface area contributed by atoms with Gasteiger partial charge in [-0.3, -0.25) is 9.36 Å². The molecule has 2 aromatic carbocycles. The van der Waals surface area contributed by atoms with Crippen LogP contribution >= 0.6 is 35.4 Å². The highest BCUT2D eigenvalue weighted by Gasteiger charge is 2.56. The normalized spacial score (nSPS) is 24.2. The number of hydrogen-bond donors (Lipinski definition) is 3. The topological polar surface area (TPSA) is 78.9 Å². The molecule has 6 rings (SSSR count). The lowest BCUT2D eigenvalue weighted by atomic mass is 9.45. The zero-order valence-corrected chi connectivity index (χ0v) is 22.9. The molecule has 3 saturated carbocycles. The predicted octanol–water partition coefficient (Wildman–Crippen LogP) is 5.60. The molecule has 1 heterocycles. The van der Waals surface area contributed by atoms with E-state index in [1.807, 2.05) is 0 Å². The van der Waals surface area contributed by atoms with Gasteiger partial charge in [0.2, 0.25) is 0 Å². The highest BCUT2D eigenvalue weighted by atomic mass is 35.5. The van der Waals surface area contributed by atoms with Crippen LogP contribution in [-0.2, 0) is 13.0 Å². The van der Waals surface area contributed by atoms with Gasteiger partial charge in [-0.25, -0.2) is 4.79 Å². The van der Waals surface area contributed by atoms with Crippen molar-refractivity contribution in [3.63, 3.8) is 0 Å². The maximum atomic E-state index is 13.1. The Morgan fingerprint density at radius 1 is 1.17 bits per heavy atom. The van der Waals surface area contributed by atoms with E-state index in [2.05, 4.69) is 36.4 Å². The molecular weight excluding hydrogens is 515 g/mol. The Labute approximate surface area is 225 Å². The van der Waals surface area contributed by atoms with Crippen LogP contribution < -0.4 is 21.9 Å². The molecule has 0 amide bonds. The zero-order chi connectivity index (χ0) is 25.8. The summed E-state index contributed by atoms with van der Waals surface area (Å²) in [7, 11) is 0. The number of aromatic amines is 1. The number of rotatable bonds is 5. The molecule has 3 fully saturated rings. The van der Waals surface area contributed by atoms with Crippen molar-refractivity contribution in [1.29, 1.82) is 0 Å². The Kier molecular flexibility index (Phi) is 6.68. The largest absolute Gasteiger partial charge is 0.359 e. The van der Waals surface area contributed by atoms with Gasteiger partial charge in [-0.2, -0.15) is 0 Å². The van der Waals surface area contributed by atoms with Crippen LogP contribution in [0, 0.1) is 23.2 Å². The van der Waals surface area contributed by atoms with Crippen molar-refractivity contribution in [3.05, 3.63) is 72.8 Å². The lowest BCUT2D eigenvalue weighted by molar-refractivity contribution is -0.111. The molecule has 0 aliphatic heterocycles. The van der Waals surface area contributed by atoms with Crippen molar-refractivity contribution < 1.29 is 0 Å². The number of nitrogens with one attached hydrogen (secondary N) is 3. The standard InChI is InChI=1S/C27H30Cl2N4O2S/c1-14-20-10-16(27(20,2)3)11-22(14)31-25(36)30-18-6-7-19-23(13-18)32-26(35)33(24(19)34)9-8-15-4-5-17(28)12-21(15)29/h4-7,12-14,16,20,22H,8-11H2,1-3H3,(H,32,35)(H2,30,31,36). The minimum Gasteiger partial charge on any atom is -0.359 e. The Morgan fingerprint density at radius 2 is 1.94 bits per heavy atom. The maximum absolute atomic E-state index is 13.1. The summed E-state index contributed by atoms with van der Waals surface area (Å²) in [6.07, 6.45) is 2.87. The third-order valence-electron chi connectivity index (χ3n) is 8.53. The van der Waals surface area contributed by atoms with E-state index in [-0.39, 0.29) is 12.1 Å². The SMILES string of the molecule is CC1C(NC(=S)Nc2ccc3c(=O)n(CCc4ccc(Cl)cc4Cl)c(=O)[nH]c3c2)CC2CC1C2(C)C. The number of benzene rings is 2. The van der Waals surface area contributed by atoms with Crippen molar-refractivity contribution in [1.82, 2.24) is 14.9 Å². The van der Waals surface area contributed by atoms with Crippen LogP contribution in [0.15, 0.2) is 46.0 Å². The highest BCUT2D eigenvalue weighted by Crippen LogP contribution is 2.61. The van der Waals surface area contributed by atoms with E-state index in [4.69, 9.17) is 35.4 Å². The van der Waals surface area contributed by atoms with Crippen molar-refractivity contribution >= 4 is 57.1 Å². The number of thiocarbonyl (C=S) groups is 1. The summed E-state index contributed by atoms with van der Waals surface area (Å²) in [5.74, 6) is 2.02. The molecule has 3 N–H and O–H groups in total. The van der Waals surface area contributed by atoms with E-state index in [1.54, 1.807) is 36.4 Å². The predicted molar refractivity (Wildman–Crippen MR) is 151 cm³/mol. The number of aromatic nitrogens is 2. The summed E-state index contributed by atoms with van der Waals surface area (Å²) in [4.78, 5) is 28.6. The fourth-order valence-corrected chi connectivity index (χ4v) is 6.94. The molecule has 0 radical (unpaired) electrons. The molecule has 36 heavy (non-hydrogen) atoms. The molecule has 4 atom stereocenters. The second kappa shape index (κ2) is 9.51. The second-order valence-electron chi connectivity index (χ2n) is 10.8. The molecular formula is C27H30Cl2N4O2S. The molecule has 1 aromatic heterocycles. The molecule has 9 heteroatoms. The Hall–Kier alpha value is -2.35. The lowest BCUT2D eigenvalue weighted by Gasteiger charge is -2.62. The Balaban J connectivity index is 1.28. The maximum Gasteiger partial charge on any atom is 0.328 e. The minimum absolute atomic E-state index is 0.206. The summed E-state index contributed by atoms with van der Waals surface area (Å²) < 4.78 is 1.20. The van der Waals surface area contributed by atoms with E-state index in [9.17, 15) is 9.59 Å². The molecule has 3 aliphatic rings. The molecule has 2 bridgehead atoms. The first kappa shape index (κ1) is 25.3. The molecule has 6 nitrogen and oxygen atoms in total. The number of H-pyrrole nitrogens is 1. The summed E-state index contributed by atoms with van der Waals surface area (Å²) in [5, 5.41) is 8.77. The van der Waals surface area contributed by atoms with Gasteiger partial charge in [0.15, 0.2) is 5.11 Å². The molecule has 4 unspecified atom stereocenters. The summed E-state index contributed by atoms with van der Waals surface area (Å²) in [6, 6.07) is 10.8. The lowest BCUT2D eigenvalue weighted by Crippen LogP contribution is -2.61. The minimum atomic E-state index is -0.465. The summed E-state index contributed by atoms with van der Waals surface area (Å²) in [5.41, 5.74) is 1.62. The van der Waals surface area contributed by atoms with E-state index >= 15 is 0 Å². The second-order valence-corrected chi connectivity index (χ2v) is 12.0. The third-order valence-corrected chi connectivity index (χ3v) is 9.34. The first-order valence-corrected chi connectivity index (χ1v) is 13.5. The molecule has 0 saturated heterocycles. The number of halogens is 2. The Bertz CT molecular complexity index is 1460. The number of aryl methyl sites for hydroxylation is 1. The van der Waals surface area contributed by atoms with Gasteiger partial charge in [0.25, 0.3) is 5.56 Å². The molecule has 0 spiro atoms. The first-order chi connectivity index (χ1) is 17.0. The van der Waals surface area contributed by atoms with Crippen LogP contribution in [0.25, 0.3) is 10.9 Å².